The Hall–Kier alpha value is -1.18. The van der Waals surface area contributed by atoms with Crippen LogP contribution in [0.15, 0.2) is 30.3 Å². The molecule has 0 saturated heterocycles. The Kier molecular flexibility index (Phi) is 3.62. The molecule has 1 rings (SSSR count). The highest BCUT2D eigenvalue weighted by Crippen LogP contribution is 2.09. The van der Waals surface area contributed by atoms with Gasteiger partial charge in [-0.1, -0.05) is 18.2 Å². The molecule has 1 atom stereocenters. The maximum atomic E-state index is 11.4. The summed E-state index contributed by atoms with van der Waals surface area (Å²) in [6, 6.07) is 8.81. The van der Waals surface area contributed by atoms with Gasteiger partial charge in [0.1, 0.15) is 11.7 Å². The molecule has 0 heterocycles. The molecule has 1 aromatic carbocycles. The highest BCUT2D eigenvalue weighted by atomic mass is 31.1. The van der Waals surface area contributed by atoms with E-state index in [1.807, 2.05) is 6.07 Å². The molecule has 1 N–H and O–H groups in total. The molecule has 68 valence electrons. The van der Waals surface area contributed by atoms with Gasteiger partial charge in [0.15, 0.2) is 0 Å². The fraction of sp³-hybridized carbons (Fsp3) is 0.111. The molecule has 13 heavy (non-hydrogen) atoms. The summed E-state index contributed by atoms with van der Waals surface area (Å²) in [5.74, 6) is 0.354. The Morgan fingerprint density at radius 3 is 2.62 bits per heavy atom. The van der Waals surface area contributed by atoms with Crippen molar-refractivity contribution >= 4 is 24.8 Å². The predicted octanol–water partition coefficient (Wildman–Crippen LogP) is 0.346. The van der Waals surface area contributed by atoms with Crippen LogP contribution >= 0.6 is 7.77 Å². The molecule has 0 saturated carbocycles. The standard InChI is InChI=1S/C9H9O3P/c10-9(11)6-7-13(12)8-4-2-1-3-5-8/h1-5,7H,6H2,(H,10,11). The first-order valence-corrected chi connectivity index (χ1v) is 5.09. The van der Waals surface area contributed by atoms with Crippen LogP contribution in [0.3, 0.4) is 0 Å². The summed E-state index contributed by atoms with van der Waals surface area (Å²) in [6.45, 7) is 0. The second-order valence-electron chi connectivity index (χ2n) is 2.44. The molecule has 1 aromatic rings. The summed E-state index contributed by atoms with van der Waals surface area (Å²) < 4.78 is 0. The van der Waals surface area contributed by atoms with Gasteiger partial charge >= 0.3 is 5.97 Å². The third-order valence-electron chi connectivity index (χ3n) is 1.44. The largest absolute Gasteiger partial charge is 0.626 e. The third-order valence-corrected chi connectivity index (χ3v) is 2.76. The van der Waals surface area contributed by atoms with Crippen molar-refractivity contribution in [2.45, 2.75) is 6.42 Å². The van der Waals surface area contributed by atoms with Gasteiger partial charge in [0.2, 0.25) is 0 Å². The van der Waals surface area contributed by atoms with Crippen LogP contribution in [0.1, 0.15) is 6.42 Å². The zero-order valence-electron chi connectivity index (χ0n) is 6.88. The smallest absolute Gasteiger partial charge is 0.311 e. The van der Waals surface area contributed by atoms with Gasteiger partial charge in [0.25, 0.3) is 0 Å². The average molecular weight is 196 g/mol. The summed E-state index contributed by atoms with van der Waals surface area (Å²) in [6.07, 6.45) is -0.163. The van der Waals surface area contributed by atoms with E-state index in [2.05, 4.69) is 0 Å². The number of hydrogen-bond donors (Lipinski definition) is 1. The third kappa shape index (κ3) is 3.36. The monoisotopic (exact) mass is 196 g/mol. The summed E-state index contributed by atoms with van der Waals surface area (Å²) in [5.41, 5.74) is 0. The molecule has 4 heteroatoms. The lowest BCUT2D eigenvalue weighted by Crippen LogP contribution is -2.07. The first-order chi connectivity index (χ1) is 6.20. The fourth-order valence-corrected chi connectivity index (χ4v) is 1.84. The fourth-order valence-electron chi connectivity index (χ4n) is 0.841. The lowest BCUT2D eigenvalue weighted by molar-refractivity contribution is -0.150. The van der Waals surface area contributed by atoms with Crippen LogP contribution in [0.25, 0.3) is 0 Å². The molecule has 0 aliphatic heterocycles. The number of rotatable bonds is 3. The lowest BCUT2D eigenvalue weighted by atomic mass is 10.4. The van der Waals surface area contributed by atoms with Gasteiger partial charge in [-0.25, -0.2) is 0 Å². The summed E-state index contributed by atoms with van der Waals surface area (Å²) in [5, 5.41) is 9.02. The molecular formula is C9H9O3P. The molecule has 0 aliphatic carbocycles. The minimum Gasteiger partial charge on any atom is -0.626 e. The van der Waals surface area contributed by atoms with Crippen molar-refractivity contribution in [3.8, 4) is 0 Å². The van der Waals surface area contributed by atoms with Crippen molar-refractivity contribution in [1.29, 1.82) is 0 Å². The molecule has 0 radical (unpaired) electrons. The van der Waals surface area contributed by atoms with Gasteiger partial charge in [-0.3, -0.25) is 4.79 Å². The van der Waals surface area contributed by atoms with E-state index in [0.717, 1.165) is 0 Å². The quantitative estimate of drug-likeness (QED) is 0.709. The van der Waals surface area contributed by atoms with Crippen LogP contribution in [-0.2, 0) is 4.79 Å². The zero-order valence-corrected chi connectivity index (χ0v) is 7.78. The Morgan fingerprint density at radius 1 is 1.46 bits per heavy atom. The van der Waals surface area contributed by atoms with Crippen molar-refractivity contribution in [3.63, 3.8) is 0 Å². The maximum Gasteiger partial charge on any atom is 0.311 e. The van der Waals surface area contributed by atoms with Crippen LogP contribution in [0, 0.1) is 0 Å². The van der Waals surface area contributed by atoms with E-state index in [4.69, 9.17) is 5.11 Å². The number of benzene rings is 1. The van der Waals surface area contributed by atoms with E-state index in [9.17, 15) is 9.69 Å². The topological polar surface area (TPSA) is 60.4 Å². The van der Waals surface area contributed by atoms with Crippen LogP contribution in [0.5, 0.6) is 0 Å². The van der Waals surface area contributed by atoms with Gasteiger partial charge in [-0.05, 0) is 12.1 Å². The van der Waals surface area contributed by atoms with Crippen LogP contribution in [0.2, 0.25) is 0 Å². The Bertz CT molecular complexity index is 319. The number of carbonyl (C=O) groups is 1. The maximum absolute atomic E-state index is 11.4. The average Bonchev–Trinajstić information content (AvgIpc) is 2.15. The van der Waals surface area contributed by atoms with Gasteiger partial charge < -0.3 is 10.00 Å². The Balaban J connectivity index is 2.73. The number of aliphatic carboxylic acids is 1. The second-order valence-corrected chi connectivity index (χ2v) is 3.97. The molecule has 0 aliphatic rings. The first-order valence-electron chi connectivity index (χ1n) is 3.76. The normalized spacial score (nSPS) is 11.3. The van der Waals surface area contributed by atoms with Crippen LogP contribution < -0.4 is 10.2 Å². The van der Waals surface area contributed by atoms with Crippen molar-refractivity contribution in [3.05, 3.63) is 30.3 Å². The zero-order chi connectivity index (χ0) is 9.68. The Morgan fingerprint density at radius 2 is 2.08 bits per heavy atom. The van der Waals surface area contributed by atoms with Gasteiger partial charge in [0.05, 0.1) is 13.6 Å². The Labute approximate surface area is 77.1 Å². The van der Waals surface area contributed by atoms with Crippen molar-refractivity contribution in [2.24, 2.45) is 0 Å². The summed E-state index contributed by atoms with van der Waals surface area (Å²) in [7, 11) is -1.66. The van der Waals surface area contributed by atoms with Crippen LogP contribution in [0.4, 0.5) is 0 Å². The van der Waals surface area contributed by atoms with Gasteiger partial charge in [-0.2, -0.15) is 0 Å². The second kappa shape index (κ2) is 4.75. The molecule has 0 bridgehead atoms. The van der Waals surface area contributed by atoms with Crippen molar-refractivity contribution in [1.82, 2.24) is 0 Å². The van der Waals surface area contributed by atoms with Crippen molar-refractivity contribution < 1.29 is 14.8 Å². The van der Waals surface area contributed by atoms with E-state index in [1.165, 1.54) is 5.80 Å². The molecule has 1 unspecified atom stereocenters. The number of hydrogen-bond acceptors (Lipinski definition) is 2. The minimum absolute atomic E-state index is 0.163. The van der Waals surface area contributed by atoms with E-state index in [-0.39, 0.29) is 6.42 Å². The van der Waals surface area contributed by atoms with E-state index >= 15 is 0 Å². The first kappa shape index (κ1) is 9.90. The van der Waals surface area contributed by atoms with Crippen molar-refractivity contribution in [2.75, 3.05) is 0 Å². The SMILES string of the molecule is O=C(O)CC=[P+]([O-])c1ccccc1. The minimum atomic E-state index is -1.66. The van der Waals surface area contributed by atoms with E-state index in [0.29, 0.717) is 5.30 Å². The van der Waals surface area contributed by atoms with Crippen LogP contribution in [-0.4, -0.2) is 16.9 Å². The highest BCUT2D eigenvalue weighted by Gasteiger charge is 2.02. The molecule has 0 spiro atoms. The lowest BCUT2D eigenvalue weighted by Gasteiger charge is -1.95. The molecule has 0 aromatic heterocycles. The molecule has 3 nitrogen and oxygen atoms in total. The predicted molar refractivity (Wildman–Crippen MR) is 51.3 cm³/mol. The van der Waals surface area contributed by atoms with E-state index in [1.54, 1.807) is 24.3 Å². The molecular weight excluding hydrogens is 187 g/mol. The summed E-state index contributed by atoms with van der Waals surface area (Å²) >= 11 is 0. The summed E-state index contributed by atoms with van der Waals surface area (Å²) in [4.78, 5) is 21.6. The number of carboxylic acid groups (broad SMARTS) is 1. The van der Waals surface area contributed by atoms with E-state index < -0.39 is 13.7 Å². The van der Waals surface area contributed by atoms with Gasteiger partial charge in [0, 0.05) is 0 Å². The van der Waals surface area contributed by atoms with Gasteiger partial charge in [-0.15, -0.1) is 0 Å². The highest BCUT2D eigenvalue weighted by molar-refractivity contribution is 7.58. The molecule has 0 fully saturated rings. The number of carboxylic acids is 1. The molecule has 0 amide bonds.